The van der Waals surface area contributed by atoms with E-state index in [-0.39, 0.29) is 0 Å². The minimum absolute atomic E-state index is 0.621. The lowest BCUT2D eigenvalue weighted by atomic mass is 9.67. The molecule has 0 atom stereocenters. The van der Waals surface area contributed by atoms with Gasteiger partial charge in [-0.3, -0.25) is 0 Å². The van der Waals surface area contributed by atoms with Crippen LogP contribution in [0.5, 0.6) is 0 Å². The van der Waals surface area contributed by atoms with E-state index in [9.17, 15) is 0 Å². The molecule has 14 heavy (non-hydrogen) atoms. The third-order valence-corrected chi connectivity index (χ3v) is 5.61. The van der Waals surface area contributed by atoms with Gasteiger partial charge >= 0.3 is 0 Å². The number of rotatable bonds is 4. The van der Waals surface area contributed by atoms with Crippen LogP contribution in [0, 0.1) is 12.3 Å². The fourth-order valence-electron chi connectivity index (χ4n) is 2.07. The molecule has 1 aromatic rings. The first-order valence-electron chi connectivity index (χ1n) is 5.21. The van der Waals surface area contributed by atoms with E-state index in [1.807, 2.05) is 16.8 Å². The molecular weight excluding hydrogens is 258 g/mol. The van der Waals surface area contributed by atoms with E-state index >= 15 is 0 Å². The number of aryl methyl sites for hydroxylation is 2. The van der Waals surface area contributed by atoms with Crippen LogP contribution in [0.25, 0.3) is 0 Å². The van der Waals surface area contributed by atoms with Gasteiger partial charge in [0.25, 0.3) is 0 Å². The summed E-state index contributed by atoms with van der Waals surface area (Å²) in [6.07, 6.45) is 6.81. The molecule has 1 nitrogen and oxygen atoms in total. The molecule has 3 heteroatoms. The second-order valence-electron chi connectivity index (χ2n) is 4.35. The van der Waals surface area contributed by atoms with E-state index < -0.39 is 0 Å². The van der Waals surface area contributed by atoms with Gasteiger partial charge in [0.15, 0.2) is 0 Å². The van der Waals surface area contributed by atoms with E-state index in [0.717, 1.165) is 0 Å². The molecule has 1 aliphatic rings. The van der Waals surface area contributed by atoms with Crippen LogP contribution in [-0.4, -0.2) is 10.3 Å². The average Bonchev–Trinajstić information content (AvgIpc) is 2.51. The predicted molar refractivity (Wildman–Crippen MR) is 65.3 cm³/mol. The molecule has 1 aliphatic carbocycles. The maximum absolute atomic E-state index is 4.29. The number of alkyl halides is 1. The van der Waals surface area contributed by atoms with E-state index in [0.29, 0.717) is 5.41 Å². The molecule has 0 unspecified atom stereocenters. The average molecular weight is 274 g/mol. The predicted octanol–water partition coefficient (Wildman–Crippen LogP) is 3.95. The number of nitrogens with zero attached hydrogens (tertiary/aromatic N) is 1. The van der Waals surface area contributed by atoms with Gasteiger partial charge in [0, 0.05) is 10.2 Å². The lowest BCUT2D eigenvalue weighted by molar-refractivity contribution is 0.156. The van der Waals surface area contributed by atoms with Crippen LogP contribution >= 0.6 is 27.3 Å². The number of halogens is 1. The highest BCUT2D eigenvalue weighted by atomic mass is 79.9. The Labute approximate surface area is 98.1 Å². The summed E-state index contributed by atoms with van der Waals surface area (Å²) in [6, 6.07) is 0. The molecule has 2 rings (SSSR count). The largest absolute Gasteiger partial charge is 0.250 e. The highest BCUT2D eigenvalue weighted by Crippen LogP contribution is 2.46. The van der Waals surface area contributed by atoms with E-state index in [1.165, 1.54) is 48.0 Å². The fourth-order valence-corrected chi connectivity index (χ4v) is 3.69. The second-order valence-corrected chi connectivity index (χ2v) is 5.85. The summed E-state index contributed by atoms with van der Waals surface area (Å²) in [4.78, 5) is 5.78. The number of hydrogen-bond acceptors (Lipinski definition) is 2. The Morgan fingerprint density at radius 3 is 2.79 bits per heavy atom. The molecule has 0 radical (unpaired) electrons. The van der Waals surface area contributed by atoms with Crippen LogP contribution in [0.4, 0.5) is 0 Å². The van der Waals surface area contributed by atoms with Gasteiger partial charge in [0.1, 0.15) is 0 Å². The molecule has 1 saturated carbocycles. The summed E-state index contributed by atoms with van der Waals surface area (Å²) in [5.74, 6) is 0. The zero-order chi connectivity index (χ0) is 10.0. The molecule has 1 heterocycles. The monoisotopic (exact) mass is 273 g/mol. The first kappa shape index (κ1) is 10.6. The smallest absolute Gasteiger partial charge is 0.0797 e. The molecular formula is C11H16BrNS. The molecule has 1 aromatic heterocycles. The molecule has 0 saturated heterocycles. The third kappa shape index (κ3) is 2.03. The highest BCUT2D eigenvalue weighted by molar-refractivity contribution is 9.09. The van der Waals surface area contributed by atoms with Crippen molar-refractivity contribution in [1.82, 2.24) is 4.98 Å². The van der Waals surface area contributed by atoms with Crippen molar-refractivity contribution in [3.05, 3.63) is 16.1 Å². The van der Waals surface area contributed by atoms with Crippen molar-refractivity contribution >= 4 is 27.3 Å². The van der Waals surface area contributed by atoms with Crippen LogP contribution in [0.1, 0.15) is 36.3 Å². The Hall–Kier alpha value is 0.110. The Balaban J connectivity index is 1.90. The zero-order valence-corrected chi connectivity index (χ0v) is 11.0. The molecule has 0 aliphatic heterocycles. The third-order valence-electron chi connectivity index (χ3n) is 3.42. The van der Waals surface area contributed by atoms with Crippen molar-refractivity contribution in [2.24, 2.45) is 5.41 Å². The van der Waals surface area contributed by atoms with Gasteiger partial charge in [-0.2, -0.15) is 0 Å². The van der Waals surface area contributed by atoms with Crippen LogP contribution in [0.3, 0.4) is 0 Å². The standard InChI is InChI=1S/C11H16BrNS/c1-9-10(14-8-13-9)3-6-11(7-12)4-2-5-11/h8H,2-7H2,1H3. The van der Waals surface area contributed by atoms with Gasteiger partial charge in [0.2, 0.25) is 0 Å². The summed E-state index contributed by atoms with van der Waals surface area (Å²) in [6.45, 7) is 2.12. The molecule has 0 N–H and O–H groups in total. The molecule has 0 amide bonds. The Morgan fingerprint density at radius 1 is 1.57 bits per heavy atom. The number of hydrogen-bond donors (Lipinski definition) is 0. The minimum atomic E-state index is 0.621. The molecule has 0 bridgehead atoms. The van der Waals surface area contributed by atoms with Crippen molar-refractivity contribution in [3.63, 3.8) is 0 Å². The van der Waals surface area contributed by atoms with E-state index in [1.54, 1.807) is 0 Å². The van der Waals surface area contributed by atoms with Crippen molar-refractivity contribution < 1.29 is 0 Å². The summed E-state index contributed by atoms with van der Waals surface area (Å²) in [5.41, 5.74) is 3.82. The van der Waals surface area contributed by atoms with Crippen LogP contribution < -0.4 is 0 Å². The van der Waals surface area contributed by atoms with Gasteiger partial charge in [-0.15, -0.1) is 11.3 Å². The van der Waals surface area contributed by atoms with Crippen LogP contribution in [0.2, 0.25) is 0 Å². The maximum Gasteiger partial charge on any atom is 0.0797 e. The lowest BCUT2D eigenvalue weighted by Crippen LogP contribution is -2.31. The van der Waals surface area contributed by atoms with Gasteiger partial charge in [0.05, 0.1) is 11.2 Å². The van der Waals surface area contributed by atoms with Gasteiger partial charge in [-0.1, -0.05) is 22.4 Å². The van der Waals surface area contributed by atoms with Crippen molar-refractivity contribution in [3.8, 4) is 0 Å². The normalized spacial score (nSPS) is 19.3. The Morgan fingerprint density at radius 2 is 2.36 bits per heavy atom. The quantitative estimate of drug-likeness (QED) is 0.757. The second kappa shape index (κ2) is 4.31. The van der Waals surface area contributed by atoms with Crippen molar-refractivity contribution in [1.29, 1.82) is 0 Å². The Bertz CT molecular complexity index is 298. The number of aromatic nitrogens is 1. The van der Waals surface area contributed by atoms with Crippen LogP contribution in [-0.2, 0) is 6.42 Å². The summed E-state index contributed by atoms with van der Waals surface area (Å²) in [7, 11) is 0. The molecule has 78 valence electrons. The first-order valence-corrected chi connectivity index (χ1v) is 7.21. The molecule has 0 aromatic carbocycles. The van der Waals surface area contributed by atoms with Crippen LogP contribution in [0.15, 0.2) is 5.51 Å². The summed E-state index contributed by atoms with van der Waals surface area (Å²) in [5, 5.41) is 1.18. The minimum Gasteiger partial charge on any atom is -0.250 e. The van der Waals surface area contributed by atoms with E-state index in [2.05, 4.69) is 27.8 Å². The fraction of sp³-hybridized carbons (Fsp3) is 0.727. The van der Waals surface area contributed by atoms with Crippen molar-refractivity contribution in [2.45, 2.75) is 39.0 Å². The highest BCUT2D eigenvalue weighted by Gasteiger charge is 2.35. The van der Waals surface area contributed by atoms with Gasteiger partial charge < -0.3 is 0 Å². The molecule has 0 spiro atoms. The summed E-state index contributed by atoms with van der Waals surface area (Å²) < 4.78 is 0. The van der Waals surface area contributed by atoms with E-state index in [4.69, 9.17) is 0 Å². The molecule has 1 fully saturated rings. The SMILES string of the molecule is Cc1ncsc1CCC1(CBr)CCC1. The Kier molecular flexibility index (Phi) is 3.27. The van der Waals surface area contributed by atoms with Gasteiger partial charge in [-0.25, -0.2) is 4.98 Å². The van der Waals surface area contributed by atoms with Gasteiger partial charge in [-0.05, 0) is 38.0 Å². The number of thiazole rings is 1. The lowest BCUT2D eigenvalue weighted by Gasteiger charge is -2.40. The van der Waals surface area contributed by atoms with Crippen molar-refractivity contribution in [2.75, 3.05) is 5.33 Å². The zero-order valence-electron chi connectivity index (χ0n) is 8.55. The maximum atomic E-state index is 4.29. The topological polar surface area (TPSA) is 12.9 Å². The summed E-state index contributed by atoms with van der Waals surface area (Å²) >= 11 is 5.46. The first-order chi connectivity index (χ1) is 6.76.